The van der Waals surface area contributed by atoms with Crippen molar-refractivity contribution < 1.29 is 18.9 Å². The highest BCUT2D eigenvalue weighted by Gasteiger charge is 2.21. The third-order valence-electron chi connectivity index (χ3n) is 5.15. The zero-order valence-electron chi connectivity index (χ0n) is 17.8. The first-order chi connectivity index (χ1) is 14.6. The normalized spacial score (nSPS) is 11.0. The monoisotopic (exact) mass is 407 g/mol. The number of hydrogen-bond acceptors (Lipinski definition) is 6. The lowest BCUT2D eigenvalue weighted by molar-refractivity contribution is 0.390. The number of methoxy groups -OCH3 is 4. The molecule has 0 saturated carbocycles. The van der Waals surface area contributed by atoms with Gasteiger partial charge in [0.05, 0.1) is 50.2 Å². The Hall–Kier alpha value is -3.61. The van der Waals surface area contributed by atoms with Gasteiger partial charge in [-0.2, -0.15) is 0 Å². The van der Waals surface area contributed by atoms with Crippen molar-refractivity contribution in [3.8, 4) is 23.0 Å². The van der Waals surface area contributed by atoms with E-state index in [0.717, 1.165) is 27.4 Å². The van der Waals surface area contributed by atoms with Crippen molar-refractivity contribution in [1.29, 1.82) is 0 Å². The number of aromatic nitrogens is 2. The van der Waals surface area contributed by atoms with Gasteiger partial charge in [-0.25, -0.2) is 4.98 Å². The maximum Gasteiger partial charge on any atom is 0.201 e. The molecule has 0 bridgehead atoms. The number of anilines is 1. The SMILES string of the molecule is COc1ccc(OC)c2c(OC)c(CNc3nc4cc(C)ccc4[nH]3)cc(OC)c12. The summed E-state index contributed by atoms with van der Waals surface area (Å²) in [5.41, 5.74) is 3.98. The third kappa shape index (κ3) is 3.32. The molecule has 4 aromatic rings. The van der Waals surface area contributed by atoms with E-state index in [2.05, 4.69) is 28.3 Å². The molecule has 4 rings (SSSR count). The topological polar surface area (TPSA) is 77.6 Å². The number of nitrogens with zero attached hydrogens (tertiary/aromatic N) is 1. The number of aromatic amines is 1. The summed E-state index contributed by atoms with van der Waals surface area (Å²) in [7, 11) is 6.55. The molecule has 0 atom stereocenters. The maximum absolute atomic E-state index is 5.80. The Labute approximate surface area is 174 Å². The molecule has 0 aliphatic carbocycles. The molecule has 2 N–H and O–H groups in total. The highest BCUT2D eigenvalue weighted by atomic mass is 16.5. The van der Waals surface area contributed by atoms with Crippen LogP contribution >= 0.6 is 0 Å². The second-order valence-corrected chi connectivity index (χ2v) is 6.95. The van der Waals surface area contributed by atoms with Crippen molar-refractivity contribution in [2.75, 3.05) is 33.8 Å². The van der Waals surface area contributed by atoms with E-state index in [1.54, 1.807) is 28.4 Å². The fourth-order valence-electron chi connectivity index (χ4n) is 3.74. The van der Waals surface area contributed by atoms with Crippen LogP contribution in [0, 0.1) is 6.92 Å². The Bertz CT molecular complexity index is 1220. The Morgan fingerprint density at radius 1 is 0.833 bits per heavy atom. The van der Waals surface area contributed by atoms with E-state index in [1.165, 1.54) is 5.56 Å². The number of hydrogen-bond donors (Lipinski definition) is 2. The molecule has 30 heavy (non-hydrogen) atoms. The second-order valence-electron chi connectivity index (χ2n) is 6.95. The number of H-pyrrole nitrogens is 1. The average molecular weight is 407 g/mol. The Morgan fingerprint density at radius 3 is 2.20 bits per heavy atom. The molecule has 0 saturated heterocycles. The van der Waals surface area contributed by atoms with Crippen LogP contribution in [0.25, 0.3) is 21.8 Å². The fourth-order valence-corrected chi connectivity index (χ4v) is 3.74. The molecule has 0 aliphatic heterocycles. The van der Waals surface area contributed by atoms with E-state index in [1.807, 2.05) is 30.3 Å². The molecule has 1 heterocycles. The minimum absolute atomic E-state index is 0.481. The summed E-state index contributed by atoms with van der Waals surface area (Å²) < 4.78 is 22.6. The van der Waals surface area contributed by atoms with Gasteiger partial charge >= 0.3 is 0 Å². The molecule has 0 radical (unpaired) electrons. The van der Waals surface area contributed by atoms with Crippen LogP contribution in [0.2, 0.25) is 0 Å². The number of rotatable bonds is 7. The van der Waals surface area contributed by atoms with Gasteiger partial charge in [0.2, 0.25) is 5.95 Å². The first-order valence-electron chi connectivity index (χ1n) is 9.58. The zero-order chi connectivity index (χ0) is 21.3. The van der Waals surface area contributed by atoms with E-state index in [-0.39, 0.29) is 0 Å². The fraction of sp³-hybridized carbons (Fsp3) is 0.261. The van der Waals surface area contributed by atoms with Crippen molar-refractivity contribution in [3.63, 3.8) is 0 Å². The van der Waals surface area contributed by atoms with Crippen molar-refractivity contribution in [2.24, 2.45) is 0 Å². The number of imidazole rings is 1. The van der Waals surface area contributed by atoms with Gasteiger partial charge in [-0.05, 0) is 42.8 Å². The first-order valence-corrected chi connectivity index (χ1v) is 9.58. The summed E-state index contributed by atoms with van der Waals surface area (Å²) in [6.07, 6.45) is 0. The molecule has 7 nitrogen and oxygen atoms in total. The van der Waals surface area contributed by atoms with Crippen LogP contribution in [-0.4, -0.2) is 38.4 Å². The molecule has 1 aromatic heterocycles. The molecule has 0 unspecified atom stereocenters. The van der Waals surface area contributed by atoms with Crippen molar-refractivity contribution in [3.05, 3.63) is 47.5 Å². The molecular weight excluding hydrogens is 382 g/mol. The molecule has 0 amide bonds. The summed E-state index contributed by atoms with van der Waals surface area (Å²) in [4.78, 5) is 7.92. The molecular formula is C23H25N3O4. The van der Waals surface area contributed by atoms with Crippen LogP contribution in [0.15, 0.2) is 36.4 Å². The molecule has 156 valence electrons. The predicted molar refractivity (Wildman–Crippen MR) is 118 cm³/mol. The van der Waals surface area contributed by atoms with Crippen molar-refractivity contribution in [1.82, 2.24) is 9.97 Å². The summed E-state index contributed by atoms with van der Waals surface area (Å²) in [5.74, 6) is 3.43. The van der Waals surface area contributed by atoms with E-state index in [0.29, 0.717) is 35.5 Å². The Balaban J connectivity index is 1.79. The van der Waals surface area contributed by atoms with Crippen LogP contribution in [-0.2, 0) is 6.54 Å². The van der Waals surface area contributed by atoms with Crippen LogP contribution < -0.4 is 24.3 Å². The minimum atomic E-state index is 0.481. The number of ether oxygens (including phenoxy) is 4. The number of aryl methyl sites for hydroxylation is 1. The minimum Gasteiger partial charge on any atom is -0.496 e. The first kappa shape index (κ1) is 19.7. The van der Waals surface area contributed by atoms with Gasteiger partial charge in [0.25, 0.3) is 0 Å². The highest BCUT2D eigenvalue weighted by molar-refractivity contribution is 6.03. The number of nitrogens with one attached hydrogen (secondary N) is 2. The average Bonchev–Trinajstić information content (AvgIpc) is 3.17. The van der Waals surface area contributed by atoms with Crippen LogP contribution in [0.3, 0.4) is 0 Å². The molecule has 0 fully saturated rings. The number of fused-ring (bicyclic) bond motifs is 2. The molecule has 0 spiro atoms. The molecule has 3 aromatic carbocycles. The van der Waals surface area contributed by atoms with Crippen LogP contribution in [0.5, 0.6) is 23.0 Å². The quantitative estimate of drug-likeness (QED) is 0.464. The van der Waals surface area contributed by atoms with E-state index in [9.17, 15) is 0 Å². The van der Waals surface area contributed by atoms with Gasteiger partial charge in [0, 0.05) is 12.1 Å². The van der Waals surface area contributed by atoms with E-state index < -0.39 is 0 Å². The Morgan fingerprint density at radius 2 is 1.53 bits per heavy atom. The van der Waals surface area contributed by atoms with E-state index in [4.69, 9.17) is 18.9 Å². The largest absolute Gasteiger partial charge is 0.496 e. The second kappa shape index (κ2) is 8.02. The van der Waals surface area contributed by atoms with Crippen LogP contribution in [0.4, 0.5) is 5.95 Å². The molecule has 7 heteroatoms. The van der Waals surface area contributed by atoms with Gasteiger partial charge in [0.1, 0.15) is 23.0 Å². The maximum atomic E-state index is 5.80. The van der Waals surface area contributed by atoms with Crippen LogP contribution in [0.1, 0.15) is 11.1 Å². The van der Waals surface area contributed by atoms with Crippen molar-refractivity contribution >= 4 is 27.8 Å². The van der Waals surface area contributed by atoms with Gasteiger partial charge in [-0.15, -0.1) is 0 Å². The summed E-state index contributed by atoms with van der Waals surface area (Å²) in [6, 6.07) is 11.8. The van der Waals surface area contributed by atoms with Gasteiger partial charge < -0.3 is 29.2 Å². The van der Waals surface area contributed by atoms with Gasteiger partial charge in [0.15, 0.2) is 0 Å². The summed E-state index contributed by atoms with van der Waals surface area (Å²) in [6.45, 7) is 2.53. The smallest absolute Gasteiger partial charge is 0.201 e. The van der Waals surface area contributed by atoms with Gasteiger partial charge in [-0.1, -0.05) is 6.07 Å². The predicted octanol–water partition coefficient (Wildman–Crippen LogP) is 4.67. The standard InChI is InChI=1S/C23H25N3O4/c1-13-6-7-15-16(10-13)26-23(25-15)24-12-14-11-19(29-4)20-17(27-2)8-9-18(28-3)21(20)22(14)30-5/h6-11H,12H2,1-5H3,(H2,24,25,26). The lowest BCUT2D eigenvalue weighted by Gasteiger charge is -2.19. The lowest BCUT2D eigenvalue weighted by Crippen LogP contribution is -2.05. The van der Waals surface area contributed by atoms with Gasteiger partial charge in [-0.3, -0.25) is 0 Å². The van der Waals surface area contributed by atoms with Crippen molar-refractivity contribution in [2.45, 2.75) is 13.5 Å². The summed E-state index contributed by atoms with van der Waals surface area (Å²) in [5, 5.41) is 4.96. The zero-order valence-corrected chi connectivity index (χ0v) is 17.8. The van der Waals surface area contributed by atoms with E-state index >= 15 is 0 Å². The third-order valence-corrected chi connectivity index (χ3v) is 5.15. The number of benzene rings is 3. The highest BCUT2D eigenvalue weighted by Crippen LogP contribution is 2.46. The Kier molecular flexibility index (Phi) is 5.27. The molecule has 0 aliphatic rings. The lowest BCUT2D eigenvalue weighted by atomic mass is 10.0. The summed E-state index contributed by atoms with van der Waals surface area (Å²) >= 11 is 0.